The summed E-state index contributed by atoms with van der Waals surface area (Å²) in [6.45, 7) is 0.813. The first-order chi connectivity index (χ1) is 11.8. The summed E-state index contributed by atoms with van der Waals surface area (Å²) in [5, 5.41) is 14.8. The highest BCUT2D eigenvalue weighted by Crippen LogP contribution is 2.09. The molecule has 0 radical (unpaired) electrons. The molecule has 24 heavy (non-hydrogen) atoms. The summed E-state index contributed by atoms with van der Waals surface area (Å²) in [4.78, 5) is 24.7. The number of anilines is 1. The number of hydrogen-bond donors (Lipinski definition) is 2. The number of hydrogen-bond acceptors (Lipinski definition) is 6. The smallest absolute Gasteiger partial charge is 0.271 e. The molecule has 2 heterocycles. The van der Waals surface area contributed by atoms with Gasteiger partial charge in [-0.2, -0.15) is 5.26 Å². The number of benzene rings is 1. The number of para-hydroxylation sites is 2. The van der Waals surface area contributed by atoms with E-state index < -0.39 is 0 Å². The van der Waals surface area contributed by atoms with E-state index in [1.807, 2.05) is 24.3 Å². The van der Waals surface area contributed by atoms with Crippen LogP contribution in [0.2, 0.25) is 0 Å². The van der Waals surface area contributed by atoms with E-state index in [1.165, 1.54) is 6.20 Å². The molecule has 2 aromatic heterocycles. The molecule has 3 rings (SSSR count). The highest BCUT2D eigenvalue weighted by atomic mass is 16.1. The second kappa shape index (κ2) is 7.15. The molecule has 0 bridgehead atoms. The van der Waals surface area contributed by atoms with Gasteiger partial charge in [0.15, 0.2) is 0 Å². The molecule has 7 nitrogen and oxygen atoms in total. The minimum Gasteiger partial charge on any atom is -0.367 e. The molecule has 0 spiro atoms. The monoisotopic (exact) mass is 318 g/mol. The van der Waals surface area contributed by atoms with Crippen molar-refractivity contribution in [3.63, 3.8) is 0 Å². The molecule has 0 aliphatic heterocycles. The van der Waals surface area contributed by atoms with Crippen LogP contribution in [0.5, 0.6) is 0 Å². The fourth-order valence-corrected chi connectivity index (χ4v) is 2.15. The molecule has 0 aliphatic carbocycles. The fourth-order valence-electron chi connectivity index (χ4n) is 2.15. The molecule has 0 saturated heterocycles. The lowest BCUT2D eigenvalue weighted by atomic mass is 10.3. The molecule has 0 unspecified atom stereocenters. The number of carbonyl (C=O) groups excluding carboxylic acids is 1. The number of rotatable bonds is 5. The first kappa shape index (κ1) is 15.4. The standard InChI is InChI=1S/C17H14N6O/c18-10-12-4-3-7-19-16(12)20-8-9-21-17(24)15-11-22-13-5-1-2-6-14(13)23-15/h1-7,11H,8-9H2,(H,19,20)(H,21,24). The van der Waals surface area contributed by atoms with Gasteiger partial charge < -0.3 is 10.6 Å². The zero-order chi connectivity index (χ0) is 16.8. The van der Waals surface area contributed by atoms with E-state index in [4.69, 9.17) is 5.26 Å². The van der Waals surface area contributed by atoms with Crippen LogP contribution in [0.25, 0.3) is 11.0 Å². The minimum atomic E-state index is -0.295. The predicted octanol–water partition coefficient (Wildman–Crippen LogP) is 1.74. The first-order valence-electron chi connectivity index (χ1n) is 7.37. The van der Waals surface area contributed by atoms with Gasteiger partial charge in [-0.05, 0) is 24.3 Å². The van der Waals surface area contributed by atoms with Crippen LogP contribution in [0.1, 0.15) is 16.1 Å². The van der Waals surface area contributed by atoms with Crippen LogP contribution < -0.4 is 10.6 Å². The van der Waals surface area contributed by atoms with E-state index in [0.717, 1.165) is 5.52 Å². The summed E-state index contributed by atoms with van der Waals surface area (Å²) in [6.07, 6.45) is 3.06. The van der Waals surface area contributed by atoms with E-state index >= 15 is 0 Å². The van der Waals surface area contributed by atoms with E-state index in [-0.39, 0.29) is 11.6 Å². The molecule has 0 saturated carbocycles. The van der Waals surface area contributed by atoms with Crippen LogP contribution in [0.3, 0.4) is 0 Å². The van der Waals surface area contributed by atoms with Gasteiger partial charge in [0.1, 0.15) is 17.6 Å². The molecule has 0 fully saturated rings. The Morgan fingerprint density at radius 2 is 1.92 bits per heavy atom. The number of carbonyl (C=O) groups is 1. The molecule has 0 aliphatic rings. The second-order valence-corrected chi connectivity index (χ2v) is 4.94. The van der Waals surface area contributed by atoms with E-state index in [1.54, 1.807) is 18.3 Å². The highest BCUT2D eigenvalue weighted by Gasteiger charge is 2.08. The molecule has 3 aromatic rings. The van der Waals surface area contributed by atoms with Gasteiger partial charge in [-0.25, -0.2) is 9.97 Å². The van der Waals surface area contributed by atoms with Gasteiger partial charge in [-0.1, -0.05) is 12.1 Å². The van der Waals surface area contributed by atoms with Gasteiger partial charge >= 0.3 is 0 Å². The van der Waals surface area contributed by atoms with Crippen LogP contribution in [0.4, 0.5) is 5.82 Å². The van der Waals surface area contributed by atoms with Gasteiger partial charge in [0.25, 0.3) is 5.91 Å². The van der Waals surface area contributed by atoms with E-state index in [9.17, 15) is 4.79 Å². The summed E-state index contributed by atoms with van der Waals surface area (Å²) >= 11 is 0. The molecule has 118 valence electrons. The number of nitriles is 1. The van der Waals surface area contributed by atoms with Crippen molar-refractivity contribution >= 4 is 22.8 Å². The summed E-state index contributed by atoms with van der Waals surface area (Å²) in [5.41, 5.74) is 2.15. The number of nitrogens with zero attached hydrogens (tertiary/aromatic N) is 4. The second-order valence-electron chi connectivity index (χ2n) is 4.94. The molecule has 1 aromatic carbocycles. The van der Waals surface area contributed by atoms with Crippen molar-refractivity contribution in [2.45, 2.75) is 0 Å². The van der Waals surface area contributed by atoms with Crippen molar-refractivity contribution in [1.82, 2.24) is 20.3 Å². The molecule has 0 atom stereocenters. The lowest BCUT2D eigenvalue weighted by Crippen LogP contribution is -2.29. The van der Waals surface area contributed by atoms with Gasteiger partial charge in [0.2, 0.25) is 0 Å². The number of aromatic nitrogens is 3. The Kier molecular flexibility index (Phi) is 4.58. The van der Waals surface area contributed by atoms with Gasteiger partial charge in [0.05, 0.1) is 22.8 Å². The molecular formula is C17H14N6O. The predicted molar refractivity (Wildman–Crippen MR) is 89.3 cm³/mol. The van der Waals surface area contributed by atoms with Crippen LogP contribution >= 0.6 is 0 Å². The molecular weight excluding hydrogens is 304 g/mol. The van der Waals surface area contributed by atoms with Crippen LogP contribution in [0.15, 0.2) is 48.8 Å². The SMILES string of the molecule is N#Cc1cccnc1NCCNC(=O)c1cnc2ccccc2n1. The lowest BCUT2D eigenvalue weighted by Gasteiger charge is -2.08. The summed E-state index contributed by atoms with van der Waals surface area (Å²) in [5.74, 6) is 0.205. The maximum absolute atomic E-state index is 12.1. The van der Waals surface area contributed by atoms with Crippen LogP contribution in [-0.4, -0.2) is 33.9 Å². The van der Waals surface area contributed by atoms with Crippen molar-refractivity contribution in [1.29, 1.82) is 5.26 Å². The maximum Gasteiger partial charge on any atom is 0.271 e. The average molecular weight is 318 g/mol. The Morgan fingerprint density at radius 3 is 2.75 bits per heavy atom. The molecule has 1 amide bonds. The average Bonchev–Trinajstić information content (AvgIpc) is 2.65. The normalized spacial score (nSPS) is 10.1. The van der Waals surface area contributed by atoms with Gasteiger partial charge in [-0.3, -0.25) is 9.78 Å². The van der Waals surface area contributed by atoms with Crippen molar-refractivity contribution in [2.75, 3.05) is 18.4 Å². The number of pyridine rings is 1. The van der Waals surface area contributed by atoms with Gasteiger partial charge in [-0.15, -0.1) is 0 Å². The first-order valence-corrected chi connectivity index (χ1v) is 7.37. The lowest BCUT2D eigenvalue weighted by molar-refractivity contribution is 0.0950. The van der Waals surface area contributed by atoms with Crippen molar-refractivity contribution < 1.29 is 4.79 Å². The third-order valence-corrected chi connectivity index (χ3v) is 3.31. The van der Waals surface area contributed by atoms with Gasteiger partial charge in [0, 0.05) is 19.3 Å². The van der Waals surface area contributed by atoms with Crippen molar-refractivity contribution in [2.24, 2.45) is 0 Å². The maximum atomic E-state index is 12.1. The fraction of sp³-hybridized carbons (Fsp3) is 0.118. The van der Waals surface area contributed by atoms with E-state index in [0.29, 0.717) is 30.0 Å². The Hall–Kier alpha value is -3.53. The molecule has 7 heteroatoms. The third-order valence-electron chi connectivity index (χ3n) is 3.31. The highest BCUT2D eigenvalue weighted by molar-refractivity contribution is 5.93. The summed E-state index contributed by atoms with van der Waals surface area (Å²) in [7, 11) is 0. The number of amides is 1. The Bertz CT molecular complexity index is 918. The minimum absolute atomic E-state index is 0.268. The largest absolute Gasteiger partial charge is 0.367 e. The Balaban J connectivity index is 1.56. The molecule has 2 N–H and O–H groups in total. The summed E-state index contributed by atoms with van der Waals surface area (Å²) < 4.78 is 0. The van der Waals surface area contributed by atoms with Crippen molar-refractivity contribution in [3.8, 4) is 6.07 Å². The van der Waals surface area contributed by atoms with Crippen molar-refractivity contribution in [3.05, 3.63) is 60.0 Å². The number of nitrogens with one attached hydrogen (secondary N) is 2. The quantitative estimate of drug-likeness (QED) is 0.694. The zero-order valence-corrected chi connectivity index (χ0v) is 12.7. The summed E-state index contributed by atoms with van der Waals surface area (Å²) in [6, 6.07) is 12.8. The number of fused-ring (bicyclic) bond motifs is 1. The van der Waals surface area contributed by atoms with Crippen LogP contribution in [-0.2, 0) is 0 Å². The Labute approximate surface area is 138 Å². The van der Waals surface area contributed by atoms with Crippen LogP contribution in [0, 0.1) is 11.3 Å². The zero-order valence-electron chi connectivity index (χ0n) is 12.7. The third kappa shape index (κ3) is 3.44. The Morgan fingerprint density at radius 1 is 1.08 bits per heavy atom. The van der Waals surface area contributed by atoms with E-state index in [2.05, 4.69) is 31.7 Å². The topological polar surface area (TPSA) is 104 Å².